The number of carbonyl (C=O) groups is 1. The number of ether oxygens (including phenoxy) is 2. The number of hydrogen-bond donors (Lipinski definition) is 4. The van der Waals surface area contributed by atoms with Crippen LogP contribution in [0.1, 0.15) is 50.8 Å². The van der Waals surface area contributed by atoms with Gasteiger partial charge in [-0.25, -0.2) is 19.5 Å². The van der Waals surface area contributed by atoms with Gasteiger partial charge in [-0.3, -0.25) is 13.9 Å². The SMILES string of the molecule is CC(OP(=O)(NC(Cc1ccccc1)C(=O)OC1CCCCC1)Oc1ccccc1)[C@H]1O[C@@H](n2cnc3c(N)ncnc32)[C@H](O)[C@@H]1O. The lowest BCUT2D eigenvalue weighted by atomic mass is 9.97. The number of esters is 1. The number of anilines is 1. The second-order valence-electron chi connectivity index (χ2n) is 11.8. The standard InChI is InChI=1S/C32H39N6O8P/c1-20(28-26(39)27(40)31(44-28)38-19-36-25-29(33)34-18-35-30(25)38)45-47(42,46-23-15-9-4-10-16-23)37-24(17-21-11-5-2-6-12-21)32(41)43-22-13-7-3-8-14-22/h2,4-6,9-12,15-16,18-20,22,24,26-28,31,39-40H,3,7-8,13-14,17H2,1H3,(H,37,42)(H2,33,34,35)/t20?,24?,26-,27+,28+,31+,47?/m0/s1. The Labute approximate surface area is 271 Å². The molecule has 47 heavy (non-hydrogen) atoms. The highest BCUT2D eigenvalue weighted by Crippen LogP contribution is 2.48. The first-order valence-electron chi connectivity index (χ1n) is 15.7. The molecule has 0 bridgehead atoms. The van der Waals surface area contributed by atoms with E-state index in [1.165, 1.54) is 24.1 Å². The van der Waals surface area contributed by atoms with Crippen molar-refractivity contribution >= 4 is 30.7 Å². The minimum atomic E-state index is -4.40. The van der Waals surface area contributed by atoms with Gasteiger partial charge in [0.05, 0.1) is 12.4 Å². The van der Waals surface area contributed by atoms with E-state index in [1.54, 1.807) is 30.3 Å². The predicted octanol–water partition coefficient (Wildman–Crippen LogP) is 3.70. The molecule has 2 aliphatic rings. The van der Waals surface area contributed by atoms with E-state index in [-0.39, 0.29) is 24.1 Å². The first-order chi connectivity index (χ1) is 22.7. The number of aromatic nitrogens is 4. The maximum atomic E-state index is 14.6. The number of imidazole rings is 1. The lowest BCUT2D eigenvalue weighted by Crippen LogP contribution is -2.43. The highest BCUT2D eigenvalue weighted by atomic mass is 31.2. The Morgan fingerprint density at radius 2 is 1.74 bits per heavy atom. The number of hydrogen-bond acceptors (Lipinski definition) is 12. The van der Waals surface area contributed by atoms with Crippen LogP contribution in [0.25, 0.3) is 11.2 Å². The van der Waals surface area contributed by atoms with Gasteiger partial charge in [-0.15, -0.1) is 0 Å². The maximum absolute atomic E-state index is 14.6. The van der Waals surface area contributed by atoms with E-state index in [0.717, 1.165) is 37.7 Å². The fourth-order valence-electron chi connectivity index (χ4n) is 5.99. The largest absolute Gasteiger partial charge is 0.461 e. The van der Waals surface area contributed by atoms with Crippen LogP contribution in [-0.4, -0.2) is 72.3 Å². The molecule has 1 saturated heterocycles. The number of aliphatic hydroxyl groups is 2. The van der Waals surface area contributed by atoms with E-state index in [1.807, 2.05) is 30.3 Å². The zero-order valence-electron chi connectivity index (χ0n) is 25.9. The minimum Gasteiger partial charge on any atom is -0.461 e. The third kappa shape index (κ3) is 7.64. The first-order valence-corrected chi connectivity index (χ1v) is 17.2. The summed E-state index contributed by atoms with van der Waals surface area (Å²) in [5.41, 5.74) is 7.32. The molecule has 15 heteroatoms. The molecule has 14 nitrogen and oxygen atoms in total. The van der Waals surface area contributed by atoms with Crippen molar-refractivity contribution in [2.75, 3.05) is 5.73 Å². The van der Waals surface area contributed by atoms with E-state index >= 15 is 0 Å². The van der Waals surface area contributed by atoms with Crippen molar-refractivity contribution < 1.29 is 38.1 Å². The third-order valence-corrected chi connectivity index (χ3v) is 10.1. The van der Waals surface area contributed by atoms with Gasteiger partial charge < -0.3 is 29.9 Å². The number of para-hydroxylation sites is 1. The minimum absolute atomic E-state index is 0.146. The molecule has 6 rings (SSSR count). The van der Waals surface area contributed by atoms with Crippen molar-refractivity contribution in [1.29, 1.82) is 0 Å². The Hall–Kier alpha value is -3.91. The second kappa shape index (κ2) is 14.5. The summed E-state index contributed by atoms with van der Waals surface area (Å²) in [4.78, 5) is 26.0. The summed E-state index contributed by atoms with van der Waals surface area (Å²) >= 11 is 0. The molecule has 0 amide bonds. The highest BCUT2D eigenvalue weighted by Gasteiger charge is 2.49. The topological polar surface area (TPSA) is 193 Å². The summed E-state index contributed by atoms with van der Waals surface area (Å²) in [6.07, 6.45) is 0.789. The number of rotatable bonds is 12. The van der Waals surface area contributed by atoms with Crippen molar-refractivity contribution in [3.8, 4) is 5.75 Å². The van der Waals surface area contributed by atoms with Crippen molar-refractivity contribution in [3.05, 3.63) is 78.9 Å². The highest BCUT2D eigenvalue weighted by molar-refractivity contribution is 7.52. The second-order valence-corrected chi connectivity index (χ2v) is 13.5. The fourth-order valence-corrected chi connectivity index (χ4v) is 7.68. The van der Waals surface area contributed by atoms with Gasteiger partial charge in [0.15, 0.2) is 17.7 Å². The molecule has 250 valence electrons. The summed E-state index contributed by atoms with van der Waals surface area (Å²) in [5, 5.41) is 25.0. The molecule has 4 aromatic rings. The average molecular weight is 667 g/mol. The van der Waals surface area contributed by atoms with Crippen LogP contribution in [0.5, 0.6) is 5.75 Å². The molecule has 1 aliphatic heterocycles. The Kier molecular flexibility index (Phi) is 10.2. The molecular formula is C32H39N6O8P. The van der Waals surface area contributed by atoms with Gasteiger partial charge in [0.2, 0.25) is 0 Å². The zero-order chi connectivity index (χ0) is 33.0. The Morgan fingerprint density at radius 1 is 1.04 bits per heavy atom. The molecule has 1 aliphatic carbocycles. The van der Waals surface area contributed by atoms with Crippen LogP contribution in [-0.2, 0) is 29.8 Å². The lowest BCUT2D eigenvalue weighted by Gasteiger charge is -2.30. The van der Waals surface area contributed by atoms with E-state index < -0.39 is 50.4 Å². The zero-order valence-corrected chi connectivity index (χ0v) is 26.8. The number of nitrogens with zero attached hydrogens (tertiary/aromatic N) is 4. The molecule has 1 saturated carbocycles. The molecule has 5 N–H and O–H groups in total. The Bertz CT molecular complexity index is 1690. The van der Waals surface area contributed by atoms with Crippen LogP contribution in [0, 0.1) is 0 Å². The Morgan fingerprint density at radius 3 is 2.47 bits per heavy atom. The fraction of sp³-hybridized carbons (Fsp3) is 0.438. The smallest absolute Gasteiger partial charge is 0.459 e. The van der Waals surface area contributed by atoms with Crippen LogP contribution in [0.3, 0.4) is 0 Å². The first kappa shape index (κ1) is 33.0. The number of nitrogen functional groups attached to an aromatic ring is 1. The van der Waals surface area contributed by atoms with Gasteiger partial charge in [0.1, 0.15) is 48.1 Å². The summed E-state index contributed by atoms with van der Waals surface area (Å²) in [7, 11) is -4.40. The molecule has 3 unspecified atom stereocenters. The molecule has 2 fully saturated rings. The normalized spacial score (nSPS) is 24.4. The van der Waals surface area contributed by atoms with Crippen LogP contribution >= 0.6 is 7.75 Å². The van der Waals surface area contributed by atoms with Crippen LogP contribution in [0.15, 0.2) is 73.3 Å². The molecule has 7 atom stereocenters. The number of nitrogens with one attached hydrogen (secondary N) is 1. The summed E-state index contributed by atoms with van der Waals surface area (Å²) in [6.45, 7) is 1.53. The average Bonchev–Trinajstić information content (AvgIpc) is 3.63. The summed E-state index contributed by atoms with van der Waals surface area (Å²) in [6, 6.07) is 16.6. The van der Waals surface area contributed by atoms with Crippen molar-refractivity contribution in [3.63, 3.8) is 0 Å². The monoisotopic (exact) mass is 666 g/mol. The van der Waals surface area contributed by atoms with E-state index in [0.29, 0.717) is 11.2 Å². The summed E-state index contributed by atoms with van der Waals surface area (Å²) < 4.78 is 40.1. The molecule has 0 radical (unpaired) electrons. The van der Waals surface area contributed by atoms with Gasteiger partial charge in [-0.05, 0) is 56.7 Å². The van der Waals surface area contributed by atoms with Gasteiger partial charge in [0.25, 0.3) is 0 Å². The van der Waals surface area contributed by atoms with Crippen LogP contribution in [0.2, 0.25) is 0 Å². The number of carbonyl (C=O) groups excluding carboxylic acids is 1. The number of aliphatic hydroxyl groups excluding tert-OH is 2. The van der Waals surface area contributed by atoms with E-state index in [9.17, 15) is 19.6 Å². The lowest BCUT2D eigenvalue weighted by molar-refractivity contribution is -0.152. The van der Waals surface area contributed by atoms with Gasteiger partial charge in [-0.1, -0.05) is 55.0 Å². The predicted molar refractivity (Wildman–Crippen MR) is 171 cm³/mol. The van der Waals surface area contributed by atoms with Gasteiger partial charge in [-0.2, -0.15) is 5.09 Å². The molecule has 2 aromatic heterocycles. The van der Waals surface area contributed by atoms with Gasteiger partial charge in [0, 0.05) is 0 Å². The Balaban J connectivity index is 1.25. The quantitative estimate of drug-likeness (QED) is 0.126. The molecule has 3 heterocycles. The maximum Gasteiger partial charge on any atom is 0.459 e. The third-order valence-electron chi connectivity index (χ3n) is 8.39. The number of nitrogens with two attached hydrogens (primary N) is 1. The van der Waals surface area contributed by atoms with Crippen molar-refractivity contribution in [2.45, 2.75) is 88.2 Å². The van der Waals surface area contributed by atoms with E-state index in [2.05, 4.69) is 20.0 Å². The van der Waals surface area contributed by atoms with Gasteiger partial charge >= 0.3 is 13.7 Å². The van der Waals surface area contributed by atoms with Crippen molar-refractivity contribution in [1.82, 2.24) is 24.6 Å². The summed E-state index contributed by atoms with van der Waals surface area (Å²) in [5.74, 6) is -0.204. The molecule has 0 spiro atoms. The number of fused-ring (bicyclic) bond motifs is 1. The van der Waals surface area contributed by atoms with Crippen LogP contribution in [0.4, 0.5) is 5.82 Å². The molecule has 2 aromatic carbocycles. The number of benzene rings is 2. The van der Waals surface area contributed by atoms with Crippen molar-refractivity contribution in [2.24, 2.45) is 0 Å². The molecular weight excluding hydrogens is 627 g/mol. The van der Waals surface area contributed by atoms with Crippen LogP contribution < -0.4 is 15.3 Å². The van der Waals surface area contributed by atoms with E-state index in [4.69, 9.17) is 24.3 Å².